The maximum Gasteiger partial charge on any atom is 0.291 e. The zero-order chi connectivity index (χ0) is 17.9. The molecule has 1 amide bonds. The molecule has 1 fully saturated rings. The normalized spacial score (nSPS) is 15.9. The number of anilines is 1. The predicted octanol–water partition coefficient (Wildman–Crippen LogP) is 3.27. The summed E-state index contributed by atoms with van der Waals surface area (Å²) in [6.07, 6.45) is 3.60. The first kappa shape index (κ1) is 17.7. The monoisotopic (exact) mass is 362 g/mol. The summed E-state index contributed by atoms with van der Waals surface area (Å²) in [6, 6.07) is 10.3. The van der Waals surface area contributed by atoms with E-state index in [1.165, 1.54) is 16.4 Å². The minimum atomic E-state index is -3.67. The number of carbonyl (C=O) groups is 1. The summed E-state index contributed by atoms with van der Waals surface area (Å²) in [5, 5.41) is 2.56. The smallest absolute Gasteiger partial charge is 0.291 e. The van der Waals surface area contributed by atoms with Gasteiger partial charge in [0.25, 0.3) is 15.9 Å². The van der Waals surface area contributed by atoms with Gasteiger partial charge in [-0.3, -0.25) is 4.79 Å². The van der Waals surface area contributed by atoms with Crippen molar-refractivity contribution in [3.63, 3.8) is 0 Å². The maximum absolute atomic E-state index is 12.6. The zero-order valence-electron chi connectivity index (χ0n) is 14.2. The van der Waals surface area contributed by atoms with E-state index in [9.17, 15) is 13.2 Å². The van der Waals surface area contributed by atoms with Crippen LogP contribution >= 0.6 is 0 Å². The number of hydrogen-bond acceptors (Lipinski definition) is 4. The lowest BCUT2D eigenvalue weighted by Crippen LogP contribution is -2.35. The molecule has 25 heavy (non-hydrogen) atoms. The average Bonchev–Trinajstić information content (AvgIpc) is 3.14. The van der Waals surface area contributed by atoms with Gasteiger partial charge < -0.3 is 9.73 Å². The molecule has 2 aromatic rings. The van der Waals surface area contributed by atoms with E-state index in [-0.39, 0.29) is 10.9 Å². The Hall–Kier alpha value is -2.12. The second-order valence-corrected chi connectivity index (χ2v) is 7.96. The highest BCUT2D eigenvalue weighted by Gasteiger charge is 2.29. The molecule has 0 bridgehead atoms. The third-order valence-corrected chi connectivity index (χ3v) is 6.08. The Balaban J connectivity index is 1.75. The molecule has 1 aliphatic rings. The first-order chi connectivity index (χ1) is 12.0. The van der Waals surface area contributed by atoms with E-state index in [1.807, 2.05) is 25.1 Å². The molecular weight excluding hydrogens is 340 g/mol. The number of furan rings is 1. The van der Waals surface area contributed by atoms with Crippen LogP contribution in [0.3, 0.4) is 0 Å². The van der Waals surface area contributed by atoms with E-state index in [4.69, 9.17) is 4.42 Å². The molecule has 0 radical (unpaired) electrons. The van der Waals surface area contributed by atoms with Crippen LogP contribution in [0.25, 0.3) is 0 Å². The van der Waals surface area contributed by atoms with E-state index < -0.39 is 15.9 Å². The van der Waals surface area contributed by atoms with Crippen LogP contribution in [0, 0.1) is 0 Å². The molecule has 0 spiro atoms. The van der Waals surface area contributed by atoms with Crippen LogP contribution in [0.4, 0.5) is 5.69 Å². The number of amides is 1. The van der Waals surface area contributed by atoms with Gasteiger partial charge in [-0.25, -0.2) is 8.42 Å². The Bertz CT molecular complexity index is 851. The molecule has 134 valence electrons. The fraction of sp³-hybridized carbons (Fsp3) is 0.389. The van der Waals surface area contributed by atoms with E-state index in [1.54, 1.807) is 6.07 Å². The Morgan fingerprint density at radius 2 is 1.92 bits per heavy atom. The standard InChI is InChI=1S/C18H22N2O4S/c1-2-14-7-6-8-15(13-14)19-18(21)16-9-10-17(24-16)25(22,23)20-11-4-3-5-12-20/h6-10,13H,2-5,11-12H2,1H3,(H,19,21). The van der Waals surface area contributed by atoms with Crippen LogP contribution in [-0.4, -0.2) is 31.7 Å². The van der Waals surface area contributed by atoms with Crippen LogP contribution < -0.4 is 5.32 Å². The van der Waals surface area contributed by atoms with E-state index >= 15 is 0 Å². The zero-order valence-corrected chi connectivity index (χ0v) is 15.0. The van der Waals surface area contributed by atoms with Crippen molar-refractivity contribution in [2.45, 2.75) is 37.7 Å². The molecule has 1 aromatic heterocycles. The molecule has 0 saturated carbocycles. The molecule has 1 N–H and O–H groups in total. The summed E-state index contributed by atoms with van der Waals surface area (Å²) in [6.45, 7) is 3.02. The molecule has 0 aliphatic carbocycles. The lowest BCUT2D eigenvalue weighted by atomic mass is 10.1. The van der Waals surface area contributed by atoms with E-state index in [0.29, 0.717) is 18.8 Å². The molecule has 3 rings (SSSR count). The lowest BCUT2D eigenvalue weighted by molar-refractivity contribution is 0.0991. The van der Waals surface area contributed by atoms with Crippen molar-refractivity contribution < 1.29 is 17.6 Å². The highest BCUT2D eigenvalue weighted by Crippen LogP contribution is 2.23. The number of carbonyl (C=O) groups excluding carboxylic acids is 1. The number of nitrogens with zero attached hydrogens (tertiary/aromatic N) is 1. The molecule has 2 heterocycles. The Morgan fingerprint density at radius 1 is 1.16 bits per heavy atom. The van der Waals surface area contributed by atoms with Gasteiger partial charge in [0.2, 0.25) is 5.09 Å². The molecular formula is C18H22N2O4S. The largest absolute Gasteiger partial charge is 0.438 e. The van der Waals surface area contributed by atoms with Crippen molar-refractivity contribution >= 4 is 21.6 Å². The topological polar surface area (TPSA) is 79.6 Å². The van der Waals surface area contributed by atoms with Crippen molar-refractivity contribution in [1.82, 2.24) is 4.31 Å². The van der Waals surface area contributed by atoms with Crippen LogP contribution in [0.2, 0.25) is 0 Å². The minimum absolute atomic E-state index is 0.0162. The van der Waals surface area contributed by atoms with Gasteiger partial charge in [0.1, 0.15) is 0 Å². The quantitative estimate of drug-likeness (QED) is 0.885. The number of hydrogen-bond donors (Lipinski definition) is 1. The van der Waals surface area contributed by atoms with E-state index in [2.05, 4.69) is 5.32 Å². The minimum Gasteiger partial charge on any atom is -0.438 e. The maximum atomic E-state index is 12.6. The number of aryl methyl sites for hydroxylation is 1. The fourth-order valence-corrected chi connectivity index (χ4v) is 4.30. The van der Waals surface area contributed by atoms with Crippen LogP contribution in [0.5, 0.6) is 0 Å². The van der Waals surface area contributed by atoms with Gasteiger partial charge in [-0.2, -0.15) is 4.31 Å². The summed E-state index contributed by atoms with van der Waals surface area (Å²) in [7, 11) is -3.67. The highest BCUT2D eigenvalue weighted by atomic mass is 32.2. The summed E-state index contributed by atoms with van der Waals surface area (Å²) in [5.74, 6) is -0.481. The third-order valence-electron chi connectivity index (χ3n) is 4.31. The van der Waals surface area contributed by atoms with Gasteiger partial charge in [0.15, 0.2) is 5.76 Å². The summed E-state index contributed by atoms with van der Waals surface area (Å²) in [5.41, 5.74) is 1.76. The molecule has 1 aliphatic heterocycles. The molecule has 1 saturated heterocycles. The van der Waals surface area contributed by atoms with Crippen LogP contribution in [0.15, 0.2) is 45.9 Å². The van der Waals surface area contributed by atoms with Crippen molar-refractivity contribution in [3.8, 4) is 0 Å². The molecule has 0 atom stereocenters. The van der Waals surface area contributed by atoms with Crippen molar-refractivity contribution in [2.75, 3.05) is 18.4 Å². The SMILES string of the molecule is CCc1cccc(NC(=O)c2ccc(S(=O)(=O)N3CCCCC3)o2)c1. The van der Waals surface area contributed by atoms with Gasteiger partial charge in [0, 0.05) is 18.8 Å². The van der Waals surface area contributed by atoms with Crippen LogP contribution in [0.1, 0.15) is 42.3 Å². The van der Waals surface area contributed by atoms with Gasteiger partial charge in [-0.1, -0.05) is 25.5 Å². The van der Waals surface area contributed by atoms with Gasteiger partial charge in [-0.15, -0.1) is 0 Å². The Morgan fingerprint density at radius 3 is 2.64 bits per heavy atom. The first-order valence-electron chi connectivity index (χ1n) is 8.51. The predicted molar refractivity (Wildman–Crippen MR) is 95.1 cm³/mol. The molecule has 0 unspecified atom stereocenters. The van der Waals surface area contributed by atoms with Gasteiger partial charge >= 0.3 is 0 Å². The van der Waals surface area contributed by atoms with Crippen LogP contribution in [-0.2, 0) is 16.4 Å². The van der Waals surface area contributed by atoms with E-state index in [0.717, 1.165) is 31.2 Å². The number of benzene rings is 1. The Kier molecular flexibility index (Phi) is 5.24. The second kappa shape index (κ2) is 7.41. The summed E-state index contributed by atoms with van der Waals surface area (Å²) in [4.78, 5) is 12.3. The van der Waals surface area contributed by atoms with Crippen molar-refractivity contribution in [1.29, 1.82) is 0 Å². The number of rotatable bonds is 5. The molecule has 1 aromatic carbocycles. The first-order valence-corrected chi connectivity index (χ1v) is 9.95. The van der Waals surface area contributed by atoms with Crippen molar-refractivity contribution in [2.24, 2.45) is 0 Å². The number of sulfonamides is 1. The number of nitrogens with one attached hydrogen (secondary N) is 1. The summed E-state index contributed by atoms with van der Waals surface area (Å²) >= 11 is 0. The highest BCUT2D eigenvalue weighted by molar-refractivity contribution is 7.89. The van der Waals surface area contributed by atoms with Gasteiger partial charge in [-0.05, 0) is 49.1 Å². The lowest BCUT2D eigenvalue weighted by Gasteiger charge is -2.24. The average molecular weight is 362 g/mol. The second-order valence-electron chi connectivity index (χ2n) is 6.09. The third kappa shape index (κ3) is 3.93. The fourth-order valence-electron chi connectivity index (χ4n) is 2.88. The summed E-state index contributed by atoms with van der Waals surface area (Å²) < 4.78 is 31.9. The number of piperidine rings is 1. The Labute approximate surface area is 147 Å². The molecule has 7 heteroatoms. The van der Waals surface area contributed by atoms with Gasteiger partial charge in [0.05, 0.1) is 0 Å². The molecule has 6 nitrogen and oxygen atoms in total. The van der Waals surface area contributed by atoms with Crippen molar-refractivity contribution in [3.05, 3.63) is 47.7 Å².